The summed E-state index contributed by atoms with van der Waals surface area (Å²) in [6.07, 6.45) is 1.01. The number of fused-ring (bicyclic) bond motifs is 1. The van der Waals surface area contributed by atoms with Gasteiger partial charge in [0.15, 0.2) is 0 Å². The van der Waals surface area contributed by atoms with Gasteiger partial charge in [0.05, 0.1) is 24.2 Å². The van der Waals surface area contributed by atoms with Crippen LogP contribution in [-0.2, 0) is 6.54 Å². The Kier molecular flexibility index (Phi) is 2.87. The molecule has 0 aliphatic carbocycles. The highest BCUT2D eigenvalue weighted by molar-refractivity contribution is 5.76. The molecule has 1 aromatic carbocycles. The van der Waals surface area contributed by atoms with Gasteiger partial charge in [-0.15, -0.1) is 0 Å². The van der Waals surface area contributed by atoms with Crippen LogP contribution >= 0.6 is 0 Å². The molecule has 1 aromatic heterocycles. The quantitative estimate of drug-likeness (QED) is 0.800. The van der Waals surface area contributed by atoms with Crippen molar-refractivity contribution in [2.45, 2.75) is 19.9 Å². The lowest BCUT2D eigenvalue weighted by atomic mass is 10.3. The first-order valence-electron chi connectivity index (χ1n) is 5.15. The van der Waals surface area contributed by atoms with Crippen LogP contribution in [0.1, 0.15) is 19.2 Å². The lowest BCUT2D eigenvalue weighted by Gasteiger charge is -2.02. The number of H-pyrrole nitrogens is 1. The Morgan fingerprint density at radius 3 is 3.07 bits per heavy atom. The average molecular weight is 205 g/mol. The van der Waals surface area contributed by atoms with Gasteiger partial charge in [0.1, 0.15) is 11.6 Å². The van der Waals surface area contributed by atoms with Crippen LogP contribution in [0.25, 0.3) is 11.0 Å². The van der Waals surface area contributed by atoms with Gasteiger partial charge in [-0.2, -0.15) is 0 Å². The van der Waals surface area contributed by atoms with E-state index >= 15 is 0 Å². The zero-order chi connectivity index (χ0) is 10.7. The molecule has 2 aromatic rings. The molecule has 4 heteroatoms. The number of nitrogens with one attached hydrogen (secondary N) is 1. The first-order chi connectivity index (χ1) is 7.33. The molecular weight excluding hydrogens is 190 g/mol. The highest BCUT2D eigenvalue weighted by atomic mass is 16.5. The highest BCUT2D eigenvalue weighted by Gasteiger charge is 2.02. The number of imidazole rings is 1. The topological polar surface area (TPSA) is 63.9 Å². The summed E-state index contributed by atoms with van der Waals surface area (Å²) in [6.45, 7) is 3.25. The van der Waals surface area contributed by atoms with Gasteiger partial charge >= 0.3 is 0 Å². The molecule has 4 nitrogen and oxygen atoms in total. The molecule has 80 valence electrons. The molecule has 0 fully saturated rings. The summed E-state index contributed by atoms with van der Waals surface area (Å²) < 4.78 is 5.53. The average Bonchev–Trinajstić information content (AvgIpc) is 2.68. The second kappa shape index (κ2) is 4.31. The Hall–Kier alpha value is -1.55. The van der Waals surface area contributed by atoms with Crippen molar-refractivity contribution < 1.29 is 4.74 Å². The molecule has 0 saturated heterocycles. The Morgan fingerprint density at radius 1 is 1.47 bits per heavy atom. The molecule has 0 amide bonds. The fourth-order valence-electron chi connectivity index (χ4n) is 1.45. The number of aromatic amines is 1. The van der Waals surface area contributed by atoms with E-state index in [9.17, 15) is 0 Å². The van der Waals surface area contributed by atoms with Crippen molar-refractivity contribution in [2.75, 3.05) is 6.61 Å². The maximum atomic E-state index is 5.53. The number of aromatic nitrogens is 2. The number of hydrogen-bond acceptors (Lipinski definition) is 3. The van der Waals surface area contributed by atoms with E-state index in [0.29, 0.717) is 6.54 Å². The predicted octanol–water partition coefficient (Wildman–Crippen LogP) is 1.81. The summed E-state index contributed by atoms with van der Waals surface area (Å²) in [7, 11) is 0. The zero-order valence-corrected chi connectivity index (χ0v) is 8.79. The number of benzene rings is 1. The van der Waals surface area contributed by atoms with Gasteiger partial charge in [0, 0.05) is 6.07 Å². The Morgan fingerprint density at radius 2 is 2.33 bits per heavy atom. The Labute approximate surface area is 88.5 Å². The number of nitrogens with zero attached hydrogens (tertiary/aromatic N) is 1. The molecule has 15 heavy (non-hydrogen) atoms. The summed E-state index contributed by atoms with van der Waals surface area (Å²) in [5.41, 5.74) is 7.41. The van der Waals surface area contributed by atoms with Gasteiger partial charge in [0.25, 0.3) is 0 Å². The molecular formula is C11H15N3O. The lowest BCUT2D eigenvalue weighted by molar-refractivity contribution is 0.318. The molecule has 0 unspecified atom stereocenters. The van der Waals surface area contributed by atoms with Crippen molar-refractivity contribution in [1.29, 1.82) is 0 Å². The minimum absolute atomic E-state index is 0.430. The van der Waals surface area contributed by atoms with Crippen LogP contribution in [0, 0.1) is 0 Å². The van der Waals surface area contributed by atoms with E-state index in [1.165, 1.54) is 0 Å². The summed E-state index contributed by atoms with van der Waals surface area (Å²) in [6, 6.07) is 5.83. The first kappa shape index (κ1) is 9.98. The van der Waals surface area contributed by atoms with E-state index in [4.69, 9.17) is 10.5 Å². The summed E-state index contributed by atoms with van der Waals surface area (Å²) >= 11 is 0. The molecule has 0 spiro atoms. The fraction of sp³-hybridized carbons (Fsp3) is 0.364. The lowest BCUT2D eigenvalue weighted by Crippen LogP contribution is -1.97. The number of rotatable bonds is 4. The maximum absolute atomic E-state index is 5.53. The smallest absolute Gasteiger partial charge is 0.121 e. The number of nitrogens with two attached hydrogens (primary N) is 1. The van der Waals surface area contributed by atoms with Crippen molar-refractivity contribution in [2.24, 2.45) is 5.73 Å². The second-order valence-electron chi connectivity index (χ2n) is 3.42. The fourth-order valence-corrected chi connectivity index (χ4v) is 1.45. The van der Waals surface area contributed by atoms with Crippen molar-refractivity contribution in [3.05, 3.63) is 24.0 Å². The van der Waals surface area contributed by atoms with Crippen molar-refractivity contribution in [3.63, 3.8) is 0 Å². The normalized spacial score (nSPS) is 10.8. The number of ether oxygens (including phenoxy) is 1. The van der Waals surface area contributed by atoms with Gasteiger partial charge < -0.3 is 15.5 Å². The minimum Gasteiger partial charge on any atom is -0.494 e. The van der Waals surface area contributed by atoms with E-state index in [-0.39, 0.29) is 0 Å². The predicted molar refractivity (Wildman–Crippen MR) is 59.8 cm³/mol. The first-order valence-corrected chi connectivity index (χ1v) is 5.15. The SMILES string of the molecule is CCCOc1ccc2nc(CN)[nH]c2c1. The van der Waals surface area contributed by atoms with Crippen LogP contribution in [0.4, 0.5) is 0 Å². The molecule has 0 aliphatic heterocycles. The molecule has 2 rings (SSSR count). The highest BCUT2D eigenvalue weighted by Crippen LogP contribution is 2.19. The van der Waals surface area contributed by atoms with E-state index in [1.54, 1.807) is 0 Å². The number of hydrogen-bond donors (Lipinski definition) is 2. The third-order valence-corrected chi connectivity index (χ3v) is 2.17. The third kappa shape index (κ3) is 2.10. The van der Waals surface area contributed by atoms with Crippen LogP contribution in [-0.4, -0.2) is 16.6 Å². The molecule has 0 saturated carbocycles. The summed E-state index contributed by atoms with van der Waals surface area (Å²) in [4.78, 5) is 7.46. The molecule has 1 heterocycles. The Bertz CT molecular complexity index is 450. The van der Waals surface area contributed by atoms with E-state index in [0.717, 1.165) is 35.6 Å². The second-order valence-corrected chi connectivity index (χ2v) is 3.42. The monoisotopic (exact) mass is 205 g/mol. The van der Waals surface area contributed by atoms with Gasteiger partial charge in [-0.05, 0) is 18.6 Å². The third-order valence-electron chi connectivity index (χ3n) is 2.17. The van der Waals surface area contributed by atoms with Crippen LogP contribution in [0.15, 0.2) is 18.2 Å². The van der Waals surface area contributed by atoms with Crippen molar-refractivity contribution >= 4 is 11.0 Å². The molecule has 0 bridgehead atoms. The van der Waals surface area contributed by atoms with E-state index in [2.05, 4.69) is 16.9 Å². The van der Waals surface area contributed by atoms with E-state index in [1.807, 2.05) is 18.2 Å². The van der Waals surface area contributed by atoms with Crippen molar-refractivity contribution in [1.82, 2.24) is 9.97 Å². The van der Waals surface area contributed by atoms with Gasteiger partial charge in [-0.3, -0.25) is 0 Å². The van der Waals surface area contributed by atoms with Gasteiger partial charge in [-0.25, -0.2) is 4.98 Å². The molecule has 0 atom stereocenters. The van der Waals surface area contributed by atoms with Gasteiger partial charge in [0.2, 0.25) is 0 Å². The van der Waals surface area contributed by atoms with E-state index < -0.39 is 0 Å². The van der Waals surface area contributed by atoms with Crippen molar-refractivity contribution in [3.8, 4) is 5.75 Å². The molecule has 3 N–H and O–H groups in total. The largest absolute Gasteiger partial charge is 0.494 e. The molecule has 0 radical (unpaired) electrons. The van der Waals surface area contributed by atoms with Crippen LogP contribution in [0.2, 0.25) is 0 Å². The summed E-state index contributed by atoms with van der Waals surface area (Å²) in [5.74, 6) is 1.68. The minimum atomic E-state index is 0.430. The maximum Gasteiger partial charge on any atom is 0.121 e. The Balaban J connectivity index is 2.29. The van der Waals surface area contributed by atoms with Gasteiger partial charge in [-0.1, -0.05) is 6.92 Å². The summed E-state index contributed by atoms with van der Waals surface area (Å²) in [5, 5.41) is 0. The van der Waals surface area contributed by atoms with Crippen LogP contribution in [0.5, 0.6) is 5.75 Å². The molecule has 0 aliphatic rings. The van der Waals surface area contributed by atoms with Crippen LogP contribution < -0.4 is 10.5 Å². The standard InChI is InChI=1S/C11H15N3O/c1-2-5-15-8-3-4-9-10(6-8)14-11(7-12)13-9/h3-4,6H,2,5,7,12H2,1H3,(H,13,14). The zero-order valence-electron chi connectivity index (χ0n) is 8.79. The van der Waals surface area contributed by atoms with Crippen LogP contribution in [0.3, 0.4) is 0 Å².